The summed E-state index contributed by atoms with van der Waals surface area (Å²) >= 11 is 6.73. The van der Waals surface area contributed by atoms with Gasteiger partial charge in [-0.15, -0.1) is 18.3 Å². The van der Waals surface area contributed by atoms with Crippen molar-refractivity contribution < 1.29 is 40.7 Å². The molecular formula is C29H22ClF6N7O3S. The van der Waals surface area contributed by atoms with Gasteiger partial charge in [0.25, 0.3) is 0 Å². The number of aliphatic imine (C=N–C) groups is 1. The number of hydrazine groups is 1. The lowest BCUT2D eigenvalue weighted by Crippen LogP contribution is -2.39. The monoisotopic (exact) mass is 697 g/mol. The van der Waals surface area contributed by atoms with E-state index in [1.54, 1.807) is 24.3 Å². The largest absolute Gasteiger partial charge is 0.573 e. The summed E-state index contributed by atoms with van der Waals surface area (Å²) in [6.07, 6.45) is -7.67. The van der Waals surface area contributed by atoms with Crippen LogP contribution in [0.4, 0.5) is 36.8 Å². The molecular weight excluding hydrogens is 676 g/mol. The highest BCUT2D eigenvalue weighted by molar-refractivity contribution is 8.15. The summed E-state index contributed by atoms with van der Waals surface area (Å²) in [5.41, 5.74) is 5.47. The molecule has 246 valence electrons. The fraction of sp³-hybridized carbons (Fsp3) is 0.207. The van der Waals surface area contributed by atoms with E-state index >= 15 is 0 Å². The Labute approximate surface area is 271 Å². The number of hydrogen-bond donors (Lipinski definition) is 2. The van der Waals surface area contributed by atoms with Crippen LogP contribution in [-0.4, -0.2) is 44.0 Å². The number of amides is 3. The number of carbonyl (C=O) groups is 2. The lowest BCUT2D eigenvalue weighted by atomic mass is 10.0. The number of alkyl halides is 6. The van der Waals surface area contributed by atoms with E-state index in [4.69, 9.17) is 11.6 Å². The molecule has 5 rings (SSSR count). The third kappa shape index (κ3) is 8.22. The van der Waals surface area contributed by atoms with E-state index < -0.39 is 41.8 Å². The maximum Gasteiger partial charge on any atom is 0.573 e. The Morgan fingerprint density at radius 3 is 2.40 bits per heavy atom. The van der Waals surface area contributed by atoms with Gasteiger partial charge in [-0.05, 0) is 54.4 Å². The number of rotatable bonds is 8. The van der Waals surface area contributed by atoms with Gasteiger partial charge in [-0.2, -0.15) is 18.2 Å². The first kappa shape index (κ1) is 33.7. The Hall–Kier alpha value is -4.61. The molecule has 0 saturated carbocycles. The number of benzene rings is 3. The number of carbonyl (C=O) groups excluding carboxylic acids is 2. The van der Waals surface area contributed by atoms with Gasteiger partial charge < -0.3 is 4.74 Å². The number of nitrogens with zero attached hydrogens (tertiary/aromatic N) is 5. The molecule has 18 heteroatoms. The van der Waals surface area contributed by atoms with Crippen molar-refractivity contribution in [3.05, 3.63) is 89.2 Å². The predicted octanol–water partition coefficient (Wildman–Crippen LogP) is 7.31. The summed E-state index contributed by atoms with van der Waals surface area (Å²) in [6, 6.07) is 13.6. The lowest BCUT2D eigenvalue weighted by Gasteiger charge is -2.21. The van der Waals surface area contributed by atoms with Crippen LogP contribution in [0.1, 0.15) is 30.5 Å². The maximum atomic E-state index is 13.6. The maximum absolute atomic E-state index is 13.6. The molecule has 1 atom stereocenters. The zero-order chi connectivity index (χ0) is 33.9. The topological polar surface area (TPSA) is 114 Å². The van der Waals surface area contributed by atoms with E-state index in [0.717, 1.165) is 52.6 Å². The first-order valence-corrected chi connectivity index (χ1v) is 14.9. The van der Waals surface area contributed by atoms with Crippen molar-refractivity contribution in [3.63, 3.8) is 0 Å². The van der Waals surface area contributed by atoms with Crippen molar-refractivity contribution in [1.29, 1.82) is 0 Å². The molecule has 0 spiro atoms. The van der Waals surface area contributed by atoms with Crippen molar-refractivity contribution in [2.75, 3.05) is 10.7 Å². The Kier molecular flexibility index (Phi) is 9.78. The van der Waals surface area contributed by atoms with Gasteiger partial charge >= 0.3 is 18.6 Å². The molecule has 0 aliphatic carbocycles. The molecule has 1 aromatic heterocycles. The van der Waals surface area contributed by atoms with Gasteiger partial charge in [0, 0.05) is 10.6 Å². The summed E-state index contributed by atoms with van der Waals surface area (Å²) in [7, 11) is 0. The number of halogens is 7. The van der Waals surface area contributed by atoms with Gasteiger partial charge in [0.15, 0.2) is 11.0 Å². The zero-order valence-electron chi connectivity index (χ0n) is 23.9. The van der Waals surface area contributed by atoms with E-state index in [0.29, 0.717) is 23.5 Å². The van der Waals surface area contributed by atoms with Crippen LogP contribution in [0.25, 0.3) is 17.1 Å². The van der Waals surface area contributed by atoms with Crippen molar-refractivity contribution >= 4 is 46.2 Å². The quantitative estimate of drug-likeness (QED) is 0.147. The number of amidine groups is 1. The van der Waals surface area contributed by atoms with Crippen molar-refractivity contribution in [1.82, 2.24) is 25.6 Å². The highest BCUT2D eigenvalue weighted by Gasteiger charge is 2.40. The molecule has 1 unspecified atom stereocenters. The number of urea groups is 1. The number of nitrogens with one attached hydrogen (secondary N) is 2. The van der Waals surface area contributed by atoms with Gasteiger partial charge in [0.05, 0.1) is 28.7 Å². The van der Waals surface area contributed by atoms with Crippen LogP contribution < -0.4 is 20.5 Å². The average Bonchev–Trinajstić information content (AvgIpc) is 3.64. The molecule has 1 aliphatic rings. The molecule has 3 aromatic carbocycles. The number of anilines is 1. The van der Waals surface area contributed by atoms with Crippen LogP contribution in [0.5, 0.6) is 5.75 Å². The van der Waals surface area contributed by atoms with E-state index in [1.165, 1.54) is 23.1 Å². The number of aromatic nitrogens is 3. The molecule has 1 fully saturated rings. The number of hydrogen-bond acceptors (Lipinski definition) is 7. The summed E-state index contributed by atoms with van der Waals surface area (Å²) in [6.45, 7) is 1.85. The van der Waals surface area contributed by atoms with Crippen LogP contribution in [0, 0.1) is 0 Å². The van der Waals surface area contributed by atoms with Crippen molar-refractivity contribution in [3.8, 4) is 22.8 Å². The average molecular weight is 698 g/mol. The minimum absolute atomic E-state index is 0.0303. The third-order valence-electron chi connectivity index (χ3n) is 6.63. The molecule has 47 heavy (non-hydrogen) atoms. The molecule has 0 bridgehead atoms. The van der Waals surface area contributed by atoms with Crippen LogP contribution in [0.2, 0.25) is 5.02 Å². The van der Waals surface area contributed by atoms with Gasteiger partial charge in [-0.3, -0.25) is 15.1 Å². The number of ether oxygens (including phenoxy) is 1. The molecule has 4 aromatic rings. The third-order valence-corrected chi connectivity index (χ3v) is 7.79. The highest BCUT2D eigenvalue weighted by Crippen LogP contribution is 2.40. The van der Waals surface area contributed by atoms with Gasteiger partial charge in [-0.25, -0.2) is 19.9 Å². The van der Waals surface area contributed by atoms with E-state index in [-0.39, 0.29) is 21.7 Å². The van der Waals surface area contributed by atoms with Gasteiger partial charge in [0.1, 0.15) is 12.1 Å². The van der Waals surface area contributed by atoms with Gasteiger partial charge in [-0.1, -0.05) is 54.6 Å². The standard InChI is InChI=1S/C29H22ClF6N7O3S/c1-2-22(39-40-26(45)38-27-43(24(44)14-47-27)23-13-18(30)7-12-21(23)28(31,32)33)16-3-5-17(6-4-16)25-37-15-42(41-25)19-8-10-20(11-9-19)46-29(34,35)36/h3-13,15,22,39H,2,14H2,1H3,(H,40,45). The van der Waals surface area contributed by atoms with E-state index in [1.807, 2.05) is 6.92 Å². The Balaban J connectivity index is 1.24. The molecule has 2 N–H and O–H groups in total. The summed E-state index contributed by atoms with van der Waals surface area (Å²) < 4.78 is 83.5. The fourth-order valence-electron chi connectivity index (χ4n) is 4.48. The first-order valence-electron chi connectivity index (χ1n) is 13.6. The first-order chi connectivity index (χ1) is 22.2. The Bertz CT molecular complexity index is 1800. The molecule has 1 aliphatic heterocycles. The smallest absolute Gasteiger partial charge is 0.406 e. The second-order valence-electron chi connectivity index (χ2n) is 9.78. The molecule has 10 nitrogen and oxygen atoms in total. The van der Waals surface area contributed by atoms with E-state index in [9.17, 15) is 35.9 Å². The Morgan fingerprint density at radius 1 is 1.06 bits per heavy atom. The van der Waals surface area contributed by atoms with Crippen LogP contribution in [-0.2, 0) is 11.0 Å². The van der Waals surface area contributed by atoms with Crippen LogP contribution >= 0.6 is 23.4 Å². The minimum atomic E-state index is -4.80. The predicted molar refractivity (Wildman–Crippen MR) is 162 cm³/mol. The zero-order valence-corrected chi connectivity index (χ0v) is 25.5. The second-order valence-corrected chi connectivity index (χ2v) is 11.2. The second kappa shape index (κ2) is 13.6. The van der Waals surface area contributed by atoms with E-state index in [2.05, 4.69) is 30.7 Å². The molecule has 1 saturated heterocycles. The lowest BCUT2D eigenvalue weighted by molar-refractivity contribution is -0.274. The molecule has 0 radical (unpaired) electrons. The SMILES string of the molecule is CCC(NNC(=O)N=C1SCC(=O)N1c1cc(Cl)ccc1C(F)(F)F)c1ccc(-c2ncn(-c3ccc(OC(F)(F)F)cc3)n2)cc1. The molecule has 2 heterocycles. The molecule has 3 amide bonds. The van der Waals surface area contributed by atoms with Crippen LogP contribution in [0.3, 0.4) is 0 Å². The summed E-state index contributed by atoms with van der Waals surface area (Å²) in [4.78, 5) is 34.0. The fourth-order valence-corrected chi connectivity index (χ4v) is 5.51. The summed E-state index contributed by atoms with van der Waals surface area (Å²) in [5, 5.41) is 4.10. The number of thioether (sulfide) groups is 1. The van der Waals surface area contributed by atoms with Crippen molar-refractivity contribution in [2.45, 2.75) is 31.9 Å². The van der Waals surface area contributed by atoms with Crippen LogP contribution in [0.15, 0.2) is 78.0 Å². The van der Waals surface area contributed by atoms with Gasteiger partial charge in [0.2, 0.25) is 5.91 Å². The normalized spacial score (nSPS) is 15.3. The Morgan fingerprint density at radius 2 is 1.77 bits per heavy atom. The highest BCUT2D eigenvalue weighted by atomic mass is 35.5. The van der Waals surface area contributed by atoms with Crippen molar-refractivity contribution in [2.24, 2.45) is 4.99 Å². The minimum Gasteiger partial charge on any atom is -0.406 e. The summed E-state index contributed by atoms with van der Waals surface area (Å²) in [5.74, 6) is -0.935.